The van der Waals surface area contributed by atoms with E-state index in [1.54, 1.807) is 0 Å². The van der Waals surface area contributed by atoms with Crippen molar-refractivity contribution in [3.05, 3.63) is 217 Å². The Morgan fingerprint density at radius 2 is 1.09 bits per heavy atom. The second-order valence-electron chi connectivity index (χ2n) is 14.6. The molecule has 1 N–H and O–H groups in total. The van der Waals surface area contributed by atoms with Crippen LogP contribution in [0.15, 0.2) is 215 Å². The highest BCUT2D eigenvalue weighted by Gasteiger charge is 2.24. The van der Waals surface area contributed by atoms with Gasteiger partial charge in [0.2, 0.25) is 0 Å². The third-order valence-electron chi connectivity index (χ3n) is 11.1. The molecule has 0 saturated carbocycles. The lowest BCUT2D eigenvalue weighted by atomic mass is 9.92. The molecule has 1 aliphatic rings. The predicted octanol–water partition coefficient (Wildman–Crippen LogP) is 13.4. The molecule has 0 radical (unpaired) electrons. The van der Waals surface area contributed by atoms with Crippen LogP contribution >= 0.6 is 0 Å². The van der Waals surface area contributed by atoms with Crippen molar-refractivity contribution in [2.75, 3.05) is 0 Å². The molecule has 4 heteroatoms. The van der Waals surface area contributed by atoms with Gasteiger partial charge in [0, 0.05) is 27.5 Å². The van der Waals surface area contributed by atoms with Gasteiger partial charge in [-0.1, -0.05) is 170 Å². The maximum Gasteiger partial charge on any atom is 0.159 e. The first kappa shape index (κ1) is 32.8. The summed E-state index contributed by atoms with van der Waals surface area (Å²) in [5.74, 6) is 1.46. The summed E-state index contributed by atoms with van der Waals surface area (Å²) in [6.07, 6.45) is -0.366. The molecule has 0 fully saturated rings. The Labute approximate surface area is 330 Å². The normalized spacial score (nSPS) is 14.1. The number of nitrogens with one attached hydrogen (secondary N) is 1. The number of para-hydroxylation sites is 1. The van der Waals surface area contributed by atoms with Gasteiger partial charge >= 0.3 is 0 Å². The van der Waals surface area contributed by atoms with Gasteiger partial charge in [-0.05, 0) is 85.3 Å². The number of fused-ring (bicyclic) bond motifs is 5. The minimum Gasteiger partial charge on any atom is -0.455 e. The Balaban J connectivity index is 1.11. The molecular formula is C53H35N3O. The molecule has 0 amide bonds. The highest BCUT2D eigenvalue weighted by atomic mass is 16.3. The molecule has 2 heterocycles. The van der Waals surface area contributed by atoms with Crippen LogP contribution in [0.3, 0.4) is 0 Å². The fourth-order valence-corrected chi connectivity index (χ4v) is 8.33. The van der Waals surface area contributed by atoms with Crippen molar-refractivity contribution < 1.29 is 4.42 Å². The first-order valence-electron chi connectivity index (χ1n) is 19.3. The van der Waals surface area contributed by atoms with Gasteiger partial charge < -0.3 is 9.73 Å². The van der Waals surface area contributed by atoms with Crippen LogP contribution in [0.5, 0.6) is 0 Å². The van der Waals surface area contributed by atoms with E-state index < -0.39 is 0 Å². The number of amidine groups is 2. The van der Waals surface area contributed by atoms with E-state index in [-0.39, 0.29) is 6.17 Å². The molecule has 9 aromatic carbocycles. The zero-order chi connectivity index (χ0) is 37.7. The van der Waals surface area contributed by atoms with Crippen LogP contribution in [-0.2, 0) is 0 Å². The lowest BCUT2D eigenvalue weighted by Crippen LogP contribution is -2.33. The number of nitrogens with zero attached hydrogens (tertiary/aromatic N) is 2. The molecule has 0 aliphatic carbocycles. The Morgan fingerprint density at radius 3 is 1.95 bits per heavy atom. The summed E-state index contributed by atoms with van der Waals surface area (Å²) in [6, 6.07) is 70.5. The molecule has 1 unspecified atom stereocenters. The molecule has 268 valence electrons. The van der Waals surface area contributed by atoms with Crippen LogP contribution in [0.1, 0.15) is 22.9 Å². The van der Waals surface area contributed by atoms with Crippen molar-refractivity contribution in [2.24, 2.45) is 9.98 Å². The van der Waals surface area contributed by atoms with Gasteiger partial charge in [-0.2, -0.15) is 0 Å². The van der Waals surface area contributed by atoms with Crippen molar-refractivity contribution in [3.8, 4) is 33.4 Å². The molecule has 0 saturated heterocycles. The summed E-state index contributed by atoms with van der Waals surface area (Å²) in [7, 11) is 0. The molecule has 11 rings (SSSR count). The van der Waals surface area contributed by atoms with Gasteiger partial charge in [0.15, 0.2) is 5.84 Å². The van der Waals surface area contributed by atoms with Crippen molar-refractivity contribution in [1.82, 2.24) is 5.32 Å². The minimum atomic E-state index is -0.366. The second-order valence-corrected chi connectivity index (χ2v) is 14.6. The molecule has 1 aliphatic heterocycles. The fourth-order valence-electron chi connectivity index (χ4n) is 8.33. The van der Waals surface area contributed by atoms with Crippen LogP contribution in [0, 0.1) is 0 Å². The quantitative estimate of drug-likeness (QED) is 0.185. The highest BCUT2D eigenvalue weighted by molar-refractivity contribution is 6.20. The summed E-state index contributed by atoms with van der Waals surface area (Å²) >= 11 is 0. The zero-order valence-corrected chi connectivity index (χ0v) is 30.9. The number of furan rings is 1. The largest absolute Gasteiger partial charge is 0.455 e. The fraction of sp³-hybridized carbons (Fsp3) is 0.0189. The van der Waals surface area contributed by atoms with E-state index >= 15 is 0 Å². The highest BCUT2D eigenvalue weighted by Crippen LogP contribution is 2.43. The van der Waals surface area contributed by atoms with E-state index in [1.165, 1.54) is 10.9 Å². The molecule has 1 atom stereocenters. The smallest absolute Gasteiger partial charge is 0.159 e. The summed E-state index contributed by atoms with van der Waals surface area (Å²) in [4.78, 5) is 10.7. The Morgan fingerprint density at radius 1 is 0.421 bits per heavy atom. The average Bonchev–Trinajstić information content (AvgIpc) is 3.68. The molecule has 0 spiro atoms. The standard InChI is InChI=1S/C53H35N3O/c1-3-14-34(15-4-1)38-21-11-22-40(30-38)51-54-52(41-29-28-35-16-7-8-19-37(35)31-41)56-53(55-51)42-32-39-20-9-10-23-43(39)47(33-42)45-25-13-27-48-49(45)46-26-12-24-44(50(46)57-48)36-17-5-2-6-18-36/h1-33,51H,(H,54,55,56). The first-order chi connectivity index (χ1) is 28.2. The molecule has 4 nitrogen and oxygen atoms in total. The van der Waals surface area contributed by atoms with Crippen LogP contribution in [0.25, 0.3) is 76.9 Å². The van der Waals surface area contributed by atoms with Crippen LogP contribution in [0.4, 0.5) is 0 Å². The van der Waals surface area contributed by atoms with Crippen molar-refractivity contribution in [3.63, 3.8) is 0 Å². The van der Waals surface area contributed by atoms with Crippen LogP contribution in [0.2, 0.25) is 0 Å². The summed E-state index contributed by atoms with van der Waals surface area (Å²) in [5, 5.41) is 10.5. The van der Waals surface area contributed by atoms with Gasteiger partial charge in [0.05, 0.1) is 0 Å². The lowest BCUT2D eigenvalue weighted by Gasteiger charge is -2.24. The average molecular weight is 730 g/mol. The van der Waals surface area contributed by atoms with Crippen molar-refractivity contribution in [2.45, 2.75) is 6.17 Å². The first-order valence-corrected chi connectivity index (χ1v) is 19.3. The number of rotatable bonds is 6. The lowest BCUT2D eigenvalue weighted by molar-refractivity contribution is 0.670. The van der Waals surface area contributed by atoms with E-state index in [0.29, 0.717) is 5.84 Å². The maximum atomic E-state index is 6.70. The summed E-state index contributed by atoms with van der Waals surface area (Å²) in [5.41, 5.74) is 11.5. The van der Waals surface area contributed by atoms with E-state index in [1.807, 2.05) is 12.1 Å². The van der Waals surface area contributed by atoms with Crippen LogP contribution < -0.4 is 5.32 Å². The van der Waals surface area contributed by atoms with E-state index in [2.05, 4.69) is 193 Å². The van der Waals surface area contributed by atoms with E-state index in [4.69, 9.17) is 14.4 Å². The van der Waals surface area contributed by atoms with Gasteiger partial charge in [-0.15, -0.1) is 0 Å². The van der Waals surface area contributed by atoms with Crippen LogP contribution in [-0.4, -0.2) is 11.7 Å². The number of benzene rings is 9. The molecule has 10 aromatic rings. The Bertz CT molecular complexity index is 3210. The number of aliphatic imine (C=N–C) groups is 2. The van der Waals surface area contributed by atoms with Crippen molar-refractivity contribution >= 4 is 55.2 Å². The van der Waals surface area contributed by atoms with Gasteiger partial charge in [0.25, 0.3) is 0 Å². The van der Waals surface area contributed by atoms with E-state index in [0.717, 1.165) is 88.4 Å². The topological polar surface area (TPSA) is 49.9 Å². The molecule has 57 heavy (non-hydrogen) atoms. The van der Waals surface area contributed by atoms with Gasteiger partial charge in [-0.25, -0.2) is 9.98 Å². The minimum absolute atomic E-state index is 0.366. The van der Waals surface area contributed by atoms with E-state index in [9.17, 15) is 0 Å². The van der Waals surface area contributed by atoms with Gasteiger partial charge in [-0.3, -0.25) is 0 Å². The number of hydrogen-bond acceptors (Lipinski definition) is 4. The molecular weight excluding hydrogens is 695 g/mol. The third kappa shape index (κ3) is 5.87. The SMILES string of the molecule is c1ccc(-c2cccc(C3N=C(c4cc(-c5cccc6oc7c(-c8ccccc8)cccc7c56)c5ccccc5c4)N=C(c4ccc5ccccc5c4)N3)c2)cc1. The van der Waals surface area contributed by atoms with Gasteiger partial charge in [0.1, 0.15) is 23.2 Å². The maximum absolute atomic E-state index is 6.70. The monoisotopic (exact) mass is 729 g/mol. The zero-order valence-electron chi connectivity index (χ0n) is 30.9. The predicted molar refractivity (Wildman–Crippen MR) is 237 cm³/mol. The molecule has 0 bridgehead atoms. The Kier molecular flexibility index (Phi) is 7.85. The summed E-state index contributed by atoms with van der Waals surface area (Å²) in [6.45, 7) is 0. The Hall–Kier alpha value is -7.56. The molecule has 1 aromatic heterocycles. The third-order valence-corrected chi connectivity index (χ3v) is 11.1. The van der Waals surface area contributed by atoms with Crippen molar-refractivity contribution in [1.29, 1.82) is 0 Å². The number of hydrogen-bond donors (Lipinski definition) is 1. The summed E-state index contributed by atoms with van der Waals surface area (Å²) < 4.78 is 6.70. The second kappa shape index (κ2) is 13.6.